The molecule has 0 saturated carbocycles. The smallest absolute Gasteiger partial charge is 0.312 e. The molecule has 2 rings (SSSR count). The zero-order valence-electron chi connectivity index (χ0n) is 9.97. The first-order chi connectivity index (χ1) is 9.16. The van der Waals surface area contributed by atoms with Crippen LogP contribution in [-0.2, 0) is 6.42 Å². The minimum absolute atomic E-state index is 0.0348. The maximum atomic E-state index is 10.9. The maximum absolute atomic E-state index is 10.9. The summed E-state index contributed by atoms with van der Waals surface area (Å²) in [5, 5.41) is 13.9. The van der Waals surface area contributed by atoms with Crippen molar-refractivity contribution in [3.05, 3.63) is 45.1 Å². The van der Waals surface area contributed by atoms with Gasteiger partial charge in [-0.1, -0.05) is 0 Å². The van der Waals surface area contributed by atoms with Crippen molar-refractivity contribution < 1.29 is 4.92 Å². The molecule has 0 unspecified atom stereocenters. The molecule has 0 fully saturated rings. The number of nitrogens with one attached hydrogen (secondary N) is 2. The molecule has 0 aromatic carbocycles. The molecule has 2 aromatic heterocycles. The minimum Gasteiger partial charge on any atom is -0.364 e. The Hall–Kier alpha value is -1.96. The number of nitrogens with zero attached hydrogens (tertiary/aromatic N) is 3. The molecule has 7 nitrogen and oxygen atoms in total. The Bertz CT molecular complexity index is 558. The van der Waals surface area contributed by atoms with Gasteiger partial charge in [-0.2, -0.15) is 0 Å². The van der Waals surface area contributed by atoms with Crippen LogP contribution in [0.1, 0.15) is 12.2 Å². The van der Waals surface area contributed by atoms with Gasteiger partial charge in [0.1, 0.15) is 5.82 Å². The molecule has 2 N–H and O–H groups in total. The van der Waals surface area contributed by atoms with E-state index in [0.29, 0.717) is 11.0 Å². The van der Waals surface area contributed by atoms with E-state index < -0.39 is 4.92 Å². The topological polar surface area (TPSA) is 96.7 Å². The third-order valence-corrected chi connectivity index (χ3v) is 2.90. The molecule has 0 spiro atoms. The highest BCUT2D eigenvalue weighted by Crippen LogP contribution is 2.25. The highest BCUT2D eigenvalue weighted by Gasteiger charge is 2.15. The van der Waals surface area contributed by atoms with Crippen LogP contribution >= 0.6 is 15.9 Å². The van der Waals surface area contributed by atoms with Gasteiger partial charge in [0.25, 0.3) is 0 Å². The third-order valence-electron chi connectivity index (χ3n) is 2.47. The van der Waals surface area contributed by atoms with Gasteiger partial charge in [-0.05, 0) is 22.4 Å². The molecule has 0 aliphatic carbocycles. The Morgan fingerprint density at radius 2 is 2.32 bits per heavy atom. The second kappa shape index (κ2) is 6.28. The van der Waals surface area contributed by atoms with Gasteiger partial charge in [0.15, 0.2) is 0 Å². The fraction of sp³-hybridized carbons (Fsp3) is 0.273. The molecule has 0 aliphatic rings. The number of imidazole rings is 1. The van der Waals surface area contributed by atoms with Crippen molar-refractivity contribution in [1.29, 1.82) is 0 Å². The van der Waals surface area contributed by atoms with Crippen molar-refractivity contribution in [3.8, 4) is 0 Å². The SMILES string of the molecule is O=[N+]([O-])c1cc(Br)cnc1NCCCc1ncc[nH]1. The second-order valence-electron chi connectivity index (χ2n) is 3.84. The summed E-state index contributed by atoms with van der Waals surface area (Å²) in [6.45, 7) is 0.593. The van der Waals surface area contributed by atoms with Crippen LogP contribution in [0.2, 0.25) is 0 Å². The molecule has 0 amide bonds. The van der Waals surface area contributed by atoms with Crippen LogP contribution < -0.4 is 5.32 Å². The molecule has 19 heavy (non-hydrogen) atoms. The predicted molar refractivity (Wildman–Crippen MR) is 74.0 cm³/mol. The number of aryl methyl sites for hydroxylation is 1. The lowest BCUT2D eigenvalue weighted by Crippen LogP contribution is -2.07. The molecule has 0 radical (unpaired) electrons. The van der Waals surface area contributed by atoms with Crippen LogP contribution in [-0.4, -0.2) is 26.4 Å². The van der Waals surface area contributed by atoms with Crippen molar-refractivity contribution >= 4 is 27.4 Å². The third kappa shape index (κ3) is 3.75. The van der Waals surface area contributed by atoms with Crippen LogP contribution in [0.25, 0.3) is 0 Å². The van der Waals surface area contributed by atoms with E-state index in [-0.39, 0.29) is 11.5 Å². The van der Waals surface area contributed by atoms with E-state index in [9.17, 15) is 10.1 Å². The van der Waals surface area contributed by atoms with Crippen LogP contribution in [0.15, 0.2) is 29.1 Å². The summed E-state index contributed by atoms with van der Waals surface area (Å²) in [6.07, 6.45) is 6.59. The first-order valence-corrected chi connectivity index (χ1v) is 6.48. The number of pyridine rings is 1. The number of hydrogen-bond donors (Lipinski definition) is 2. The zero-order valence-corrected chi connectivity index (χ0v) is 11.6. The summed E-state index contributed by atoms with van der Waals surface area (Å²) >= 11 is 3.17. The monoisotopic (exact) mass is 325 g/mol. The normalized spacial score (nSPS) is 10.4. The summed E-state index contributed by atoms with van der Waals surface area (Å²) in [7, 11) is 0. The van der Waals surface area contributed by atoms with Gasteiger partial charge in [0.05, 0.1) is 4.92 Å². The molecule has 0 aliphatic heterocycles. The van der Waals surface area contributed by atoms with Crippen molar-refractivity contribution in [2.75, 3.05) is 11.9 Å². The van der Waals surface area contributed by atoms with Crippen LogP contribution in [0.3, 0.4) is 0 Å². The lowest BCUT2D eigenvalue weighted by atomic mass is 10.3. The van der Waals surface area contributed by atoms with E-state index in [2.05, 4.69) is 36.2 Å². The molecule has 2 aromatic rings. The molecule has 0 saturated heterocycles. The first kappa shape index (κ1) is 13.5. The number of H-pyrrole nitrogens is 1. The van der Waals surface area contributed by atoms with Gasteiger partial charge < -0.3 is 10.3 Å². The Morgan fingerprint density at radius 3 is 3.00 bits per heavy atom. The first-order valence-electron chi connectivity index (χ1n) is 5.69. The van der Waals surface area contributed by atoms with Gasteiger partial charge in [-0.3, -0.25) is 10.1 Å². The average Bonchev–Trinajstić information content (AvgIpc) is 2.89. The quantitative estimate of drug-likeness (QED) is 0.483. The minimum atomic E-state index is -0.452. The number of nitro groups is 1. The van der Waals surface area contributed by atoms with Gasteiger partial charge in [0.2, 0.25) is 5.82 Å². The molecule has 0 bridgehead atoms. The fourth-order valence-corrected chi connectivity index (χ4v) is 1.92. The largest absolute Gasteiger partial charge is 0.364 e. The number of hydrogen-bond acceptors (Lipinski definition) is 5. The lowest BCUT2D eigenvalue weighted by molar-refractivity contribution is -0.384. The Balaban J connectivity index is 1.90. The average molecular weight is 326 g/mol. The van der Waals surface area contributed by atoms with Crippen LogP contribution in [0.4, 0.5) is 11.5 Å². The van der Waals surface area contributed by atoms with Crippen molar-refractivity contribution in [2.24, 2.45) is 0 Å². The van der Waals surface area contributed by atoms with Gasteiger partial charge in [0, 0.05) is 42.1 Å². The molecule has 0 atom stereocenters. The molecular formula is C11H12BrN5O2. The standard InChI is InChI=1S/C11H12BrN5O2/c12-8-6-9(17(18)19)11(16-7-8)15-3-1-2-10-13-4-5-14-10/h4-7H,1-3H2,(H,13,14)(H,15,16). The van der Waals surface area contributed by atoms with E-state index in [1.807, 2.05) is 0 Å². The number of aromatic nitrogens is 3. The van der Waals surface area contributed by atoms with Crippen LogP contribution in [0, 0.1) is 10.1 Å². The molecule has 2 heterocycles. The highest BCUT2D eigenvalue weighted by atomic mass is 79.9. The Labute approximate surface area is 117 Å². The van der Waals surface area contributed by atoms with Crippen molar-refractivity contribution in [2.45, 2.75) is 12.8 Å². The summed E-state index contributed by atoms with van der Waals surface area (Å²) in [4.78, 5) is 21.6. The molecule has 100 valence electrons. The zero-order chi connectivity index (χ0) is 13.7. The fourth-order valence-electron chi connectivity index (χ4n) is 1.60. The van der Waals surface area contributed by atoms with Crippen molar-refractivity contribution in [1.82, 2.24) is 15.0 Å². The van der Waals surface area contributed by atoms with E-state index >= 15 is 0 Å². The van der Waals surface area contributed by atoms with E-state index in [4.69, 9.17) is 0 Å². The number of rotatable bonds is 6. The second-order valence-corrected chi connectivity index (χ2v) is 4.76. The van der Waals surface area contributed by atoms with Gasteiger partial charge in [-0.15, -0.1) is 0 Å². The van der Waals surface area contributed by atoms with E-state index in [1.165, 1.54) is 12.3 Å². The Kier molecular flexibility index (Phi) is 4.45. The summed E-state index contributed by atoms with van der Waals surface area (Å²) in [5.41, 5.74) is -0.0348. The summed E-state index contributed by atoms with van der Waals surface area (Å²) in [6, 6.07) is 1.43. The Morgan fingerprint density at radius 1 is 1.47 bits per heavy atom. The molecule has 8 heteroatoms. The maximum Gasteiger partial charge on any atom is 0.312 e. The summed E-state index contributed by atoms with van der Waals surface area (Å²) < 4.78 is 0.584. The van der Waals surface area contributed by atoms with Gasteiger partial charge in [-0.25, -0.2) is 9.97 Å². The van der Waals surface area contributed by atoms with Gasteiger partial charge >= 0.3 is 5.69 Å². The van der Waals surface area contributed by atoms with Crippen molar-refractivity contribution in [3.63, 3.8) is 0 Å². The van der Waals surface area contributed by atoms with Crippen LogP contribution in [0.5, 0.6) is 0 Å². The number of aromatic amines is 1. The number of halogens is 1. The predicted octanol–water partition coefficient (Wildman–Crippen LogP) is 2.52. The summed E-state index contributed by atoms with van der Waals surface area (Å²) in [5.74, 6) is 1.19. The van der Waals surface area contributed by atoms with E-state index in [1.54, 1.807) is 12.4 Å². The van der Waals surface area contributed by atoms with E-state index in [0.717, 1.165) is 18.7 Å². The molecular weight excluding hydrogens is 314 g/mol. The highest BCUT2D eigenvalue weighted by molar-refractivity contribution is 9.10. The lowest BCUT2D eigenvalue weighted by Gasteiger charge is -2.05. The number of anilines is 1.